The van der Waals surface area contributed by atoms with E-state index in [1.54, 1.807) is 4.90 Å². The van der Waals surface area contributed by atoms with Crippen molar-refractivity contribution in [3.8, 4) is 0 Å². The van der Waals surface area contributed by atoms with Gasteiger partial charge in [-0.25, -0.2) is 9.59 Å². The van der Waals surface area contributed by atoms with Crippen molar-refractivity contribution in [2.75, 3.05) is 19.7 Å². The second-order valence-corrected chi connectivity index (χ2v) is 5.38. The first-order valence-electron chi connectivity index (χ1n) is 6.39. The number of piperidine rings is 1. The number of ether oxygens (including phenoxy) is 1. The van der Waals surface area contributed by atoms with Crippen molar-refractivity contribution >= 4 is 12.0 Å². The Hall–Kier alpha value is -1.30. The smallest absolute Gasteiger partial charge is 0.329 e. The highest BCUT2D eigenvalue weighted by Gasteiger charge is 2.40. The summed E-state index contributed by atoms with van der Waals surface area (Å²) in [7, 11) is 0. The Balaban J connectivity index is 1.69. The summed E-state index contributed by atoms with van der Waals surface area (Å²) in [6.45, 7) is 3.06. The first kappa shape index (κ1) is 13.1. The average molecular weight is 256 g/mol. The van der Waals surface area contributed by atoms with Gasteiger partial charge in [0, 0.05) is 18.6 Å². The first-order chi connectivity index (χ1) is 8.48. The van der Waals surface area contributed by atoms with Gasteiger partial charge in [0.2, 0.25) is 0 Å². The molecule has 6 nitrogen and oxygen atoms in total. The summed E-state index contributed by atoms with van der Waals surface area (Å²) in [6.07, 6.45) is 3.48. The Morgan fingerprint density at radius 2 is 2.00 bits per heavy atom. The Morgan fingerprint density at radius 3 is 2.50 bits per heavy atom. The van der Waals surface area contributed by atoms with E-state index in [0.717, 1.165) is 12.8 Å². The SMILES string of the molecule is CC1(NC(=O)N2CCC(OCC(=O)O)CC2)CC1. The quantitative estimate of drug-likeness (QED) is 0.780. The Bertz CT molecular complexity index is 333. The minimum absolute atomic E-state index is 0.00768. The van der Waals surface area contributed by atoms with Crippen LogP contribution in [-0.2, 0) is 9.53 Å². The highest BCUT2D eigenvalue weighted by Crippen LogP contribution is 2.34. The number of rotatable bonds is 4. The first-order valence-corrected chi connectivity index (χ1v) is 6.39. The molecule has 0 radical (unpaired) electrons. The predicted molar refractivity (Wildman–Crippen MR) is 64.4 cm³/mol. The van der Waals surface area contributed by atoms with Gasteiger partial charge in [0.25, 0.3) is 0 Å². The zero-order valence-corrected chi connectivity index (χ0v) is 10.6. The standard InChI is InChI=1S/C12H20N2O4/c1-12(4-5-12)13-11(17)14-6-2-9(3-7-14)18-8-10(15)16/h9H,2-8H2,1H3,(H,13,17)(H,15,16). The van der Waals surface area contributed by atoms with Crippen molar-refractivity contribution in [1.29, 1.82) is 0 Å². The molecular formula is C12H20N2O4. The van der Waals surface area contributed by atoms with Gasteiger partial charge in [-0.3, -0.25) is 0 Å². The zero-order valence-electron chi connectivity index (χ0n) is 10.6. The molecule has 1 heterocycles. The molecule has 2 N–H and O–H groups in total. The van der Waals surface area contributed by atoms with Gasteiger partial charge in [-0.1, -0.05) is 0 Å². The molecule has 2 fully saturated rings. The minimum atomic E-state index is -0.947. The van der Waals surface area contributed by atoms with E-state index in [2.05, 4.69) is 5.32 Å². The number of amides is 2. The number of carboxylic acid groups (broad SMARTS) is 1. The van der Waals surface area contributed by atoms with E-state index in [-0.39, 0.29) is 24.3 Å². The second kappa shape index (κ2) is 5.14. The van der Waals surface area contributed by atoms with E-state index in [0.29, 0.717) is 25.9 Å². The molecule has 18 heavy (non-hydrogen) atoms. The minimum Gasteiger partial charge on any atom is -0.480 e. The monoisotopic (exact) mass is 256 g/mol. The summed E-state index contributed by atoms with van der Waals surface area (Å²) in [5, 5.41) is 11.5. The molecule has 2 amide bonds. The average Bonchev–Trinajstić information content (AvgIpc) is 3.04. The van der Waals surface area contributed by atoms with E-state index < -0.39 is 5.97 Å². The number of likely N-dealkylation sites (tertiary alicyclic amines) is 1. The predicted octanol–water partition coefficient (Wildman–Crippen LogP) is 0.814. The molecule has 0 aromatic heterocycles. The summed E-state index contributed by atoms with van der Waals surface area (Å²) in [5.74, 6) is -0.947. The van der Waals surface area contributed by atoms with Crippen LogP contribution in [0.1, 0.15) is 32.6 Å². The van der Waals surface area contributed by atoms with E-state index >= 15 is 0 Å². The number of carbonyl (C=O) groups excluding carboxylic acids is 1. The van der Waals surface area contributed by atoms with Crippen molar-refractivity contribution < 1.29 is 19.4 Å². The van der Waals surface area contributed by atoms with E-state index in [4.69, 9.17) is 9.84 Å². The van der Waals surface area contributed by atoms with Crippen LogP contribution in [0.25, 0.3) is 0 Å². The maximum Gasteiger partial charge on any atom is 0.329 e. The maximum absolute atomic E-state index is 11.9. The van der Waals surface area contributed by atoms with Gasteiger partial charge in [-0.15, -0.1) is 0 Å². The lowest BCUT2D eigenvalue weighted by Crippen LogP contribution is -2.49. The molecule has 1 aliphatic heterocycles. The third-order valence-corrected chi connectivity index (χ3v) is 3.58. The van der Waals surface area contributed by atoms with Crippen molar-refractivity contribution in [3.05, 3.63) is 0 Å². The van der Waals surface area contributed by atoms with Crippen LogP contribution in [0.5, 0.6) is 0 Å². The van der Waals surface area contributed by atoms with Gasteiger partial charge in [0.15, 0.2) is 0 Å². The Labute approximate surface area is 106 Å². The molecule has 1 saturated heterocycles. The molecule has 0 spiro atoms. The van der Waals surface area contributed by atoms with Crippen molar-refractivity contribution in [1.82, 2.24) is 10.2 Å². The lowest BCUT2D eigenvalue weighted by atomic mass is 10.1. The molecule has 2 aliphatic rings. The topological polar surface area (TPSA) is 78.9 Å². The van der Waals surface area contributed by atoms with Gasteiger partial charge in [0.1, 0.15) is 6.61 Å². The van der Waals surface area contributed by atoms with Gasteiger partial charge >= 0.3 is 12.0 Å². The lowest BCUT2D eigenvalue weighted by Gasteiger charge is -2.32. The lowest BCUT2D eigenvalue weighted by molar-refractivity contribution is -0.145. The van der Waals surface area contributed by atoms with Gasteiger partial charge in [0.05, 0.1) is 6.10 Å². The van der Waals surface area contributed by atoms with E-state index in [1.165, 1.54) is 0 Å². The van der Waals surface area contributed by atoms with Crippen LogP contribution >= 0.6 is 0 Å². The summed E-state index contributed by atoms with van der Waals surface area (Å²) < 4.78 is 5.23. The molecule has 1 aliphatic carbocycles. The summed E-state index contributed by atoms with van der Waals surface area (Å²) in [5.41, 5.74) is 0.00768. The van der Waals surface area contributed by atoms with Crippen molar-refractivity contribution in [3.63, 3.8) is 0 Å². The Kier molecular flexibility index (Phi) is 3.75. The second-order valence-electron chi connectivity index (χ2n) is 5.38. The number of hydrogen-bond donors (Lipinski definition) is 2. The summed E-state index contributed by atoms with van der Waals surface area (Å²) in [4.78, 5) is 24.1. The normalized spacial score (nSPS) is 22.6. The molecule has 0 unspecified atom stereocenters. The number of urea groups is 1. The van der Waals surface area contributed by atoms with Gasteiger partial charge in [-0.05, 0) is 32.6 Å². The van der Waals surface area contributed by atoms with Crippen LogP contribution in [-0.4, -0.2) is 53.3 Å². The molecule has 0 bridgehead atoms. The summed E-state index contributed by atoms with van der Waals surface area (Å²) in [6, 6.07) is -0.00770. The summed E-state index contributed by atoms with van der Waals surface area (Å²) >= 11 is 0. The van der Waals surface area contributed by atoms with Gasteiger partial charge in [-0.2, -0.15) is 0 Å². The number of nitrogens with zero attached hydrogens (tertiary/aromatic N) is 1. The highest BCUT2D eigenvalue weighted by molar-refractivity contribution is 5.75. The zero-order chi connectivity index (χ0) is 13.2. The third-order valence-electron chi connectivity index (χ3n) is 3.58. The van der Waals surface area contributed by atoms with Crippen molar-refractivity contribution in [2.45, 2.75) is 44.2 Å². The number of aliphatic carboxylic acids is 1. The van der Waals surface area contributed by atoms with E-state index in [1.807, 2.05) is 6.92 Å². The molecule has 6 heteroatoms. The Morgan fingerprint density at radius 1 is 1.39 bits per heavy atom. The molecule has 0 aromatic carbocycles. The van der Waals surface area contributed by atoms with Crippen LogP contribution < -0.4 is 5.32 Å². The molecule has 2 rings (SSSR count). The number of carbonyl (C=O) groups is 2. The number of hydrogen-bond acceptors (Lipinski definition) is 3. The number of nitrogens with one attached hydrogen (secondary N) is 1. The van der Waals surface area contributed by atoms with Crippen LogP contribution in [0.2, 0.25) is 0 Å². The van der Waals surface area contributed by atoms with Crippen molar-refractivity contribution in [2.24, 2.45) is 0 Å². The van der Waals surface area contributed by atoms with Crippen LogP contribution in [0, 0.1) is 0 Å². The van der Waals surface area contributed by atoms with Crippen LogP contribution in [0.4, 0.5) is 4.79 Å². The van der Waals surface area contributed by atoms with E-state index in [9.17, 15) is 9.59 Å². The molecule has 0 aromatic rings. The largest absolute Gasteiger partial charge is 0.480 e. The van der Waals surface area contributed by atoms with Crippen LogP contribution in [0.15, 0.2) is 0 Å². The van der Waals surface area contributed by atoms with Crippen LogP contribution in [0.3, 0.4) is 0 Å². The fraction of sp³-hybridized carbons (Fsp3) is 0.833. The molecule has 1 saturated carbocycles. The fourth-order valence-corrected chi connectivity index (χ4v) is 2.06. The fourth-order valence-electron chi connectivity index (χ4n) is 2.06. The van der Waals surface area contributed by atoms with Gasteiger partial charge < -0.3 is 20.1 Å². The maximum atomic E-state index is 11.9. The molecule has 102 valence electrons. The highest BCUT2D eigenvalue weighted by atomic mass is 16.5. The third kappa shape index (κ3) is 3.60. The molecular weight excluding hydrogens is 236 g/mol. The number of carboxylic acids is 1. The molecule has 0 atom stereocenters.